The molecular weight excluding hydrogens is 562 g/mol. The number of pyridine rings is 1. The smallest absolute Gasteiger partial charge is 0.250 e. The van der Waals surface area contributed by atoms with Gasteiger partial charge in [0.25, 0.3) is 5.91 Å². The third kappa shape index (κ3) is 8.26. The summed E-state index contributed by atoms with van der Waals surface area (Å²) in [6.45, 7) is 5.72. The second kappa shape index (κ2) is 15.1. The van der Waals surface area contributed by atoms with E-state index in [1.54, 1.807) is 11.0 Å². The fourth-order valence-electron chi connectivity index (χ4n) is 6.05. The van der Waals surface area contributed by atoms with Crippen LogP contribution in [0, 0.1) is 0 Å². The lowest BCUT2D eigenvalue weighted by Crippen LogP contribution is -2.46. The van der Waals surface area contributed by atoms with Crippen molar-refractivity contribution in [2.75, 3.05) is 53.2 Å². The molecule has 0 aliphatic carbocycles. The van der Waals surface area contributed by atoms with E-state index in [1.807, 2.05) is 62.6 Å². The standard InChI is InChI=1S/C37H47N5O3/c1-7-9-18-28-24-27-17-13-14-19-29(27)37(39-28)45-23-22-42(5,6)32(8-2)30-20-21-31(36(38)44)35(40-33(43)25-41(3)4)34(30)26-15-11-10-12-16-26/h10-17,19-21,24,32H,7-9,18,22-23,25H2,1-6H3,(H2-,38,40,43,44)/p+1/t32-/m0/s1. The molecule has 0 aliphatic heterocycles. The molecule has 3 aromatic carbocycles. The fraction of sp³-hybridized carbons (Fsp3) is 0.378. The van der Waals surface area contributed by atoms with Crippen LogP contribution in [0.3, 0.4) is 0 Å². The average molecular weight is 611 g/mol. The van der Waals surface area contributed by atoms with Gasteiger partial charge in [-0.3, -0.25) is 9.59 Å². The maximum Gasteiger partial charge on any atom is 0.250 e. The lowest BCUT2D eigenvalue weighted by molar-refractivity contribution is -0.921. The molecule has 4 aromatic rings. The van der Waals surface area contributed by atoms with Gasteiger partial charge in [-0.15, -0.1) is 0 Å². The molecule has 0 bridgehead atoms. The fourth-order valence-corrected chi connectivity index (χ4v) is 6.05. The zero-order valence-corrected chi connectivity index (χ0v) is 27.6. The first-order valence-electron chi connectivity index (χ1n) is 15.9. The number of nitrogens with zero attached hydrogens (tertiary/aromatic N) is 3. The summed E-state index contributed by atoms with van der Waals surface area (Å²) in [7, 11) is 8.06. The van der Waals surface area contributed by atoms with Gasteiger partial charge in [-0.1, -0.05) is 74.9 Å². The van der Waals surface area contributed by atoms with Crippen molar-refractivity contribution >= 4 is 28.3 Å². The van der Waals surface area contributed by atoms with E-state index in [1.165, 1.54) is 0 Å². The lowest BCUT2D eigenvalue weighted by Gasteiger charge is -2.39. The van der Waals surface area contributed by atoms with Crippen molar-refractivity contribution in [3.8, 4) is 17.0 Å². The minimum absolute atomic E-state index is 0.0239. The van der Waals surface area contributed by atoms with E-state index in [9.17, 15) is 9.59 Å². The number of hydrogen-bond donors (Lipinski definition) is 2. The Morgan fingerprint density at radius 3 is 2.38 bits per heavy atom. The van der Waals surface area contributed by atoms with Gasteiger partial charge in [-0.25, -0.2) is 4.98 Å². The monoisotopic (exact) mass is 610 g/mol. The third-order valence-corrected chi connectivity index (χ3v) is 8.33. The number of carbonyl (C=O) groups excluding carboxylic acids is 2. The highest BCUT2D eigenvalue weighted by Gasteiger charge is 2.33. The molecule has 8 nitrogen and oxygen atoms in total. The number of unbranched alkanes of at least 4 members (excludes halogenated alkanes) is 1. The number of rotatable bonds is 15. The molecule has 1 atom stereocenters. The number of carbonyl (C=O) groups is 2. The molecule has 2 amide bonds. The van der Waals surface area contributed by atoms with Gasteiger partial charge in [0.2, 0.25) is 11.8 Å². The Morgan fingerprint density at radius 2 is 1.71 bits per heavy atom. The van der Waals surface area contributed by atoms with Crippen molar-refractivity contribution in [3.05, 3.63) is 89.6 Å². The van der Waals surface area contributed by atoms with Crippen LogP contribution in [0.15, 0.2) is 72.8 Å². The quantitative estimate of drug-likeness (QED) is 0.151. The van der Waals surface area contributed by atoms with Crippen LogP contribution < -0.4 is 15.8 Å². The van der Waals surface area contributed by atoms with Crippen molar-refractivity contribution in [2.45, 2.75) is 45.6 Å². The minimum atomic E-state index is -0.588. The van der Waals surface area contributed by atoms with Crippen molar-refractivity contribution < 1.29 is 18.8 Å². The van der Waals surface area contributed by atoms with Crippen LogP contribution >= 0.6 is 0 Å². The van der Waals surface area contributed by atoms with Crippen LogP contribution in [0.2, 0.25) is 0 Å². The number of nitrogens with two attached hydrogens (primary N) is 1. The normalized spacial score (nSPS) is 12.3. The Morgan fingerprint density at radius 1 is 1.00 bits per heavy atom. The Balaban J connectivity index is 1.70. The molecule has 3 N–H and O–H groups in total. The summed E-state index contributed by atoms with van der Waals surface area (Å²) in [4.78, 5) is 32.4. The molecule has 0 unspecified atom stereocenters. The van der Waals surface area contributed by atoms with E-state index >= 15 is 0 Å². The van der Waals surface area contributed by atoms with Crippen LogP contribution in [-0.4, -0.2) is 74.1 Å². The molecule has 0 saturated carbocycles. The number of likely N-dealkylation sites (N-methyl/N-ethyl adjacent to an activating group) is 2. The van der Waals surface area contributed by atoms with Gasteiger partial charge in [-0.05, 0) is 56.1 Å². The summed E-state index contributed by atoms with van der Waals surface area (Å²) in [5, 5.41) is 5.20. The van der Waals surface area contributed by atoms with E-state index in [0.717, 1.165) is 58.8 Å². The van der Waals surface area contributed by atoms with Crippen molar-refractivity contribution in [3.63, 3.8) is 0 Å². The summed E-state index contributed by atoms with van der Waals surface area (Å²) in [6, 6.07) is 24.1. The molecule has 0 radical (unpaired) electrons. The highest BCUT2D eigenvalue weighted by Crippen LogP contribution is 2.42. The number of quaternary nitrogens is 1. The Labute approximate surface area is 267 Å². The van der Waals surface area contributed by atoms with Crippen molar-refractivity contribution in [2.24, 2.45) is 5.73 Å². The van der Waals surface area contributed by atoms with Gasteiger partial charge in [0.05, 0.1) is 31.9 Å². The Kier molecular flexibility index (Phi) is 11.3. The number of primary amides is 1. The molecule has 8 heteroatoms. The van der Waals surface area contributed by atoms with Gasteiger partial charge in [0.1, 0.15) is 19.2 Å². The maximum absolute atomic E-state index is 13.0. The molecule has 0 fully saturated rings. The SMILES string of the molecule is CCCCc1cc2ccccc2c(OCC[N+](C)(C)[C@@H](CC)c2ccc(C(N)=O)c(NC(=O)CN(C)C)c2-c2ccccc2)n1. The zero-order chi connectivity index (χ0) is 32.6. The molecule has 0 aliphatic rings. The van der Waals surface area contributed by atoms with Gasteiger partial charge in [0, 0.05) is 28.6 Å². The first-order valence-corrected chi connectivity index (χ1v) is 15.9. The summed E-state index contributed by atoms with van der Waals surface area (Å²) in [5.41, 5.74) is 10.4. The largest absolute Gasteiger partial charge is 0.471 e. The highest BCUT2D eigenvalue weighted by molar-refractivity contribution is 6.08. The molecule has 4 rings (SSSR count). The third-order valence-electron chi connectivity index (χ3n) is 8.33. The number of aromatic nitrogens is 1. The zero-order valence-electron chi connectivity index (χ0n) is 27.6. The van der Waals surface area contributed by atoms with Gasteiger partial charge in [-0.2, -0.15) is 0 Å². The second-order valence-electron chi connectivity index (χ2n) is 12.5. The summed E-state index contributed by atoms with van der Waals surface area (Å²) in [6.07, 6.45) is 3.94. The minimum Gasteiger partial charge on any atom is -0.471 e. The van der Waals surface area contributed by atoms with Crippen LogP contribution in [0.5, 0.6) is 5.88 Å². The Bertz CT molecular complexity index is 1620. The van der Waals surface area contributed by atoms with Crippen LogP contribution in [0.25, 0.3) is 21.9 Å². The van der Waals surface area contributed by atoms with E-state index in [-0.39, 0.29) is 24.1 Å². The average Bonchev–Trinajstić information content (AvgIpc) is 3.00. The molecule has 45 heavy (non-hydrogen) atoms. The highest BCUT2D eigenvalue weighted by atomic mass is 16.5. The van der Waals surface area contributed by atoms with E-state index in [4.69, 9.17) is 15.5 Å². The molecule has 0 spiro atoms. The molecular formula is C37H48N5O3+. The van der Waals surface area contributed by atoms with Gasteiger partial charge >= 0.3 is 0 Å². The predicted octanol–water partition coefficient (Wildman–Crippen LogP) is 6.45. The van der Waals surface area contributed by atoms with E-state index < -0.39 is 5.91 Å². The molecule has 1 aromatic heterocycles. The van der Waals surface area contributed by atoms with Crippen molar-refractivity contribution in [1.82, 2.24) is 9.88 Å². The number of amides is 2. The maximum atomic E-state index is 13.0. The van der Waals surface area contributed by atoms with Gasteiger partial charge < -0.3 is 25.2 Å². The van der Waals surface area contributed by atoms with E-state index in [2.05, 4.69) is 51.5 Å². The van der Waals surface area contributed by atoms with Gasteiger partial charge in [0.15, 0.2) is 0 Å². The lowest BCUT2D eigenvalue weighted by atomic mass is 9.88. The number of nitrogens with one attached hydrogen (secondary N) is 1. The number of benzene rings is 3. The number of hydrogen-bond acceptors (Lipinski definition) is 5. The second-order valence-corrected chi connectivity index (χ2v) is 12.5. The summed E-state index contributed by atoms with van der Waals surface area (Å²) >= 11 is 0. The number of anilines is 1. The first-order chi connectivity index (χ1) is 21.6. The molecule has 0 saturated heterocycles. The topological polar surface area (TPSA) is 97.5 Å². The first kappa shape index (κ1) is 33.6. The number of ether oxygens (including phenoxy) is 1. The van der Waals surface area contributed by atoms with Crippen LogP contribution in [-0.2, 0) is 11.2 Å². The predicted molar refractivity (Wildman–Crippen MR) is 183 cm³/mol. The van der Waals surface area contributed by atoms with E-state index in [0.29, 0.717) is 29.2 Å². The van der Waals surface area contributed by atoms with Crippen molar-refractivity contribution in [1.29, 1.82) is 0 Å². The summed E-state index contributed by atoms with van der Waals surface area (Å²) in [5.74, 6) is -0.128. The summed E-state index contributed by atoms with van der Waals surface area (Å²) < 4.78 is 7.05. The van der Waals surface area contributed by atoms with Crippen LogP contribution in [0.1, 0.15) is 60.8 Å². The van der Waals surface area contributed by atoms with Crippen LogP contribution in [0.4, 0.5) is 5.69 Å². The number of aryl methyl sites for hydroxylation is 1. The number of fused-ring (bicyclic) bond motifs is 1. The molecule has 1 heterocycles. The molecule has 238 valence electrons. The Hall–Kier alpha value is -4.27.